The van der Waals surface area contributed by atoms with E-state index in [1.54, 1.807) is 0 Å². The first kappa shape index (κ1) is 15.0. The number of carboxylic acid groups (broad SMARTS) is 1. The van der Waals surface area contributed by atoms with Crippen LogP contribution in [0.25, 0.3) is 0 Å². The van der Waals surface area contributed by atoms with Crippen LogP contribution < -0.4 is 11.1 Å². The van der Waals surface area contributed by atoms with Crippen molar-refractivity contribution in [3.05, 3.63) is 35.9 Å². The summed E-state index contributed by atoms with van der Waals surface area (Å²) >= 11 is 0. The van der Waals surface area contributed by atoms with Gasteiger partial charge in [0, 0.05) is 19.0 Å². The van der Waals surface area contributed by atoms with Gasteiger partial charge in [-0.1, -0.05) is 30.3 Å². The van der Waals surface area contributed by atoms with Crippen LogP contribution in [-0.4, -0.2) is 29.8 Å². The van der Waals surface area contributed by atoms with E-state index in [-0.39, 0.29) is 32.0 Å². The Bertz CT molecular complexity index is 408. The highest BCUT2D eigenvalue weighted by molar-refractivity contribution is 5.68. The van der Waals surface area contributed by atoms with E-state index in [4.69, 9.17) is 15.6 Å². The molecule has 0 aliphatic heterocycles. The van der Waals surface area contributed by atoms with E-state index >= 15 is 0 Å². The predicted octanol–water partition coefficient (Wildman–Crippen LogP) is 1.10. The average Bonchev–Trinajstić information content (AvgIpc) is 2.42. The van der Waals surface area contributed by atoms with E-state index < -0.39 is 12.1 Å². The van der Waals surface area contributed by atoms with Crippen molar-refractivity contribution in [2.75, 3.05) is 6.54 Å². The van der Waals surface area contributed by atoms with Crippen molar-refractivity contribution in [1.29, 1.82) is 0 Å². The monoisotopic (exact) mass is 266 g/mol. The third-order valence-electron chi connectivity index (χ3n) is 2.53. The van der Waals surface area contributed by atoms with Gasteiger partial charge in [0.2, 0.25) is 0 Å². The van der Waals surface area contributed by atoms with Crippen molar-refractivity contribution in [3.63, 3.8) is 0 Å². The Labute approximate surface area is 111 Å². The summed E-state index contributed by atoms with van der Waals surface area (Å²) < 4.78 is 5.01. The Hall–Kier alpha value is -2.08. The second-order valence-electron chi connectivity index (χ2n) is 4.07. The number of aliphatic carboxylic acids is 1. The minimum atomic E-state index is -0.919. The molecule has 1 aromatic rings. The van der Waals surface area contributed by atoms with Gasteiger partial charge >= 0.3 is 12.1 Å². The summed E-state index contributed by atoms with van der Waals surface area (Å²) in [7, 11) is 0. The standard InChI is InChI=1S/C13H18N2O4/c14-8-11(6-7-12(16)17)15-13(18)19-9-10-4-2-1-3-5-10/h1-5,11H,6-9,14H2,(H,15,18)(H,16,17)/t11-/m0/s1. The van der Waals surface area contributed by atoms with Gasteiger partial charge in [-0.15, -0.1) is 0 Å². The molecular weight excluding hydrogens is 248 g/mol. The van der Waals surface area contributed by atoms with Crippen LogP contribution in [0.2, 0.25) is 0 Å². The predicted molar refractivity (Wildman–Crippen MR) is 69.5 cm³/mol. The molecule has 1 amide bonds. The smallest absolute Gasteiger partial charge is 0.407 e. The van der Waals surface area contributed by atoms with E-state index in [0.717, 1.165) is 5.56 Å². The molecular formula is C13H18N2O4. The first-order valence-corrected chi connectivity index (χ1v) is 6.01. The Morgan fingerprint density at radius 3 is 2.58 bits per heavy atom. The molecule has 0 heterocycles. The van der Waals surface area contributed by atoms with Gasteiger partial charge < -0.3 is 20.9 Å². The Kier molecular flexibility index (Phi) is 6.38. The fraction of sp³-hybridized carbons (Fsp3) is 0.385. The summed E-state index contributed by atoms with van der Waals surface area (Å²) in [5.74, 6) is -0.919. The van der Waals surface area contributed by atoms with E-state index in [2.05, 4.69) is 5.32 Å². The van der Waals surface area contributed by atoms with Crippen LogP contribution in [0.3, 0.4) is 0 Å². The lowest BCUT2D eigenvalue weighted by Crippen LogP contribution is -2.40. The number of carboxylic acids is 1. The molecule has 0 fully saturated rings. The topological polar surface area (TPSA) is 102 Å². The lowest BCUT2D eigenvalue weighted by Gasteiger charge is -2.15. The molecule has 1 rings (SSSR count). The molecule has 1 aromatic carbocycles. The summed E-state index contributed by atoms with van der Waals surface area (Å²) in [5, 5.41) is 11.1. The maximum absolute atomic E-state index is 11.5. The van der Waals surface area contributed by atoms with Crippen molar-refractivity contribution in [2.24, 2.45) is 5.73 Å². The van der Waals surface area contributed by atoms with Gasteiger partial charge in [-0.2, -0.15) is 0 Å². The molecule has 1 atom stereocenters. The van der Waals surface area contributed by atoms with Crippen molar-refractivity contribution in [1.82, 2.24) is 5.32 Å². The molecule has 0 bridgehead atoms. The molecule has 0 aliphatic rings. The number of rotatable bonds is 7. The maximum Gasteiger partial charge on any atom is 0.407 e. The summed E-state index contributed by atoms with van der Waals surface area (Å²) in [6.07, 6.45) is -0.350. The first-order valence-electron chi connectivity index (χ1n) is 6.01. The Balaban J connectivity index is 2.30. The first-order chi connectivity index (χ1) is 9.11. The minimum absolute atomic E-state index is 0.0408. The summed E-state index contributed by atoms with van der Waals surface area (Å²) in [6.45, 7) is 0.344. The molecule has 6 heteroatoms. The Morgan fingerprint density at radius 1 is 1.32 bits per heavy atom. The zero-order valence-corrected chi connectivity index (χ0v) is 10.5. The highest BCUT2D eigenvalue weighted by Gasteiger charge is 2.13. The number of hydrogen-bond donors (Lipinski definition) is 3. The minimum Gasteiger partial charge on any atom is -0.481 e. The Morgan fingerprint density at radius 2 is 2.00 bits per heavy atom. The van der Waals surface area contributed by atoms with Crippen LogP contribution in [-0.2, 0) is 16.1 Å². The molecule has 0 unspecified atom stereocenters. The molecule has 104 valence electrons. The average molecular weight is 266 g/mol. The van der Waals surface area contributed by atoms with Crippen LogP contribution in [0.4, 0.5) is 4.79 Å². The normalized spacial score (nSPS) is 11.6. The molecule has 0 aromatic heterocycles. The quantitative estimate of drug-likeness (QED) is 0.686. The fourth-order valence-corrected chi connectivity index (χ4v) is 1.48. The zero-order chi connectivity index (χ0) is 14.1. The number of hydrogen-bond acceptors (Lipinski definition) is 4. The largest absolute Gasteiger partial charge is 0.481 e. The SMILES string of the molecule is NC[C@H](CCC(=O)O)NC(=O)OCc1ccccc1. The highest BCUT2D eigenvalue weighted by atomic mass is 16.5. The van der Waals surface area contributed by atoms with Gasteiger partial charge in [-0.25, -0.2) is 4.79 Å². The maximum atomic E-state index is 11.5. The van der Waals surface area contributed by atoms with Crippen molar-refractivity contribution in [2.45, 2.75) is 25.5 Å². The summed E-state index contributed by atoms with van der Waals surface area (Å²) in [4.78, 5) is 21.9. The van der Waals surface area contributed by atoms with Crippen LogP contribution in [0.15, 0.2) is 30.3 Å². The number of benzene rings is 1. The number of amides is 1. The number of alkyl carbamates (subject to hydrolysis) is 1. The van der Waals surface area contributed by atoms with Gasteiger partial charge in [-0.05, 0) is 12.0 Å². The van der Waals surface area contributed by atoms with E-state index in [0.29, 0.717) is 0 Å². The second kappa shape index (κ2) is 8.10. The number of carbonyl (C=O) groups is 2. The molecule has 0 spiro atoms. The van der Waals surface area contributed by atoms with Crippen LogP contribution in [0, 0.1) is 0 Å². The summed E-state index contributed by atoms with van der Waals surface area (Å²) in [5.41, 5.74) is 6.33. The van der Waals surface area contributed by atoms with Gasteiger partial charge in [0.15, 0.2) is 0 Å². The van der Waals surface area contributed by atoms with Crippen LogP contribution in [0.5, 0.6) is 0 Å². The van der Waals surface area contributed by atoms with Crippen molar-refractivity contribution in [3.8, 4) is 0 Å². The molecule has 0 aliphatic carbocycles. The van der Waals surface area contributed by atoms with Gasteiger partial charge in [0.1, 0.15) is 6.61 Å². The van der Waals surface area contributed by atoms with E-state index in [1.165, 1.54) is 0 Å². The van der Waals surface area contributed by atoms with Gasteiger partial charge in [0.05, 0.1) is 0 Å². The van der Waals surface area contributed by atoms with Gasteiger partial charge in [-0.3, -0.25) is 4.79 Å². The highest BCUT2D eigenvalue weighted by Crippen LogP contribution is 2.02. The van der Waals surface area contributed by atoms with E-state index in [1.807, 2.05) is 30.3 Å². The molecule has 0 saturated carbocycles. The van der Waals surface area contributed by atoms with Crippen molar-refractivity contribution < 1.29 is 19.4 Å². The number of nitrogens with one attached hydrogen (secondary N) is 1. The van der Waals surface area contributed by atoms with Crippen LogP contribution >= 0.6 is 0 Å². The summed E-state index contributed by atoms with van der Waals surface area (Å²) in [6, 6.07) is 8.88. The lowest BCUT2D eigenvalue weighted by atomic mass is 10.1. The molecule has 6 nitrogen and oxygen atoms in total. The lowest BCUT2D eigenvalue weighted by molar-refractivity contribution is -0.137. The molecule has 4 N–H and O–H groups in total. The number of carbonyl (C=O) groups excluding carboxylic acids is 1. The molecule has 0 saturated heterocycles. The van der Waals surface area contributed by atoms with E-state index in [9.17, 15) is 9.59 Å². The zero-order valence-electron chi connectivity index (χ0n) is 10.5. The van der Waals surface area contributed by atoms with Crippen molar-refractivity contribution >= 4 is 12.1 Å². The van der Waals surface area contributed by atoms with Crippen LogP contribution in [0.1, 0.15) is 18.4 Å². The number of ether oxygens (including phenoxy) is 1. The second-order valence-corrected chi connectivity index (χ2v) is 4.07. The molecule has 0 radical (unpaired) electrons. The fourth-order valence-electron chi connectivity index (χ4n) is 1.48. The molecule has 19 heavy (non-hydrogen) atoms. The van der Waals surface area contributed by atoms with Gasteiger partial charge in [0.25, 0.3) is 0 Å². The number of nitrogens with two attached hydrogens (primary N) is 1. The third kappa shape index (κ3) is 6.42. The third-order valence-corrected chi connectivity index (χ3v) is 2.53.